The van der Waals surface area contributed by atoms with E-state index >= 15 is 0 Å². The molecule has 0 bridgehead atoms. The van der Waals surface area contributed by atoms with Gasteiger partial charge in [-0.15, -0.1) is 0 Å². The molecule has 3 heterocycles. The molecule has 2 N–H and O–H groups in total. The van der Waals surface area contributed by atoms with Crippen molar-refractivity contribution < 1.29 is 21.2 Å². The van der Waals surface area contributed by atoms with E-state index < -0.39 is 23.3 Å². The molecule has 10 heteroatoms. The van der Waals surface area contributed by atoms with Crippen LogP contribution in [0.4, 0.5) is 14.6 Å². The Morgan fingerprint density at radius 1 is 1.26 bits per heavy atom. The summed E-state index contributed by atoms with van der Waals surface area (Å²) in [6.45, 7) is 3.09. The zero-order chi connectivity index (χ0) is 23.8. The second kappa shape index (κ2) is 8.23. The van der Waals surface area contributed by atoms with Gasteiger partial charge >= 0.3 is 0 Å². The van der Waals surface area contributed by atoms with Crippen LogP contribution in [0.1, 0.15) is 22.2 Å². The van der Waals surface area contributed by atoms with Crippen LogP contribution in [0.2, 0.25) is 0 Å². The maximum Gasteiger partial charge on any atom is 0.183 e. The van der Waals surface area contributed by atoms with Crippen LogP contribution in [0, 0.1) is 11.6 Å². The summed E-state index contributed by atoms with van der Waals surface area (Å²) < 4.78 is 50.5. The SMILES string of the molecule is [2H]c1cc([2H])c(F)c(Cn2nc(-c3ncc(F)c(NCC(C)(C)O)n3)cc2-c2ccon2)c1. The first-order valence-electron chi connectivity index (χ1n) is 10.3. The van der Waals surface area contributed by atoms with Crippen molar-refractivity contribution >= 4 is 5.82 Å². The summed E-state index contributed by atoms with van der Waals surface area (Å²) in [6.07, 6.45) is 2.35. The zero-order valence-corrected chi connectivity index (χ0v) is 16.7. The van der Waals surface area contributed by atoms with Crippen molar-refractivity contribution in [3.8, 4) is 22.9 Å². The number of benzene rings is 1. The summed E-state index contributed by atoms with van der Waals surface area (Å²) >= 11 is 0. The summed E-state index contributed by atoms with van der Waals surface area (Å²) in [5.41, 5.74) is 0.114. The molecule has 0 fully saturated rings. The van der Waals surface area contributed by atoms with Crippen LogP contribution in [-0.2, 0) is 6.54 Å². The Bertz CT molecular complexity index is 1290. The molecule has 3 aromatic heterocycles. The van der Waals surface area contributed by atoms with Gasteiger partial charge in [0.25, 0.3) is 0 Å². The number of hydrogen-bond donors (Lipinski definition) is 2. The first-order valence-corrected chi connectivity index (χ1v) is 9.34. The molecule has 0 saturated heterocycles. The fraction of sp³-hybridized carbons (Fsp3) is 0.238. The monoisotopic (exact) mass is 428 g/mol. The van der Waals surface area contributed by atoms with Gasteiger partial charge in [-0.05, 0) is 26.0 Å². The van der Waals surface area contributed by atoms with Gasteiger partial charge in [-0.3, -0.25) is 4.68 Å². The second-order valence-electron chi connectivity index (χ2n) is 7.45. The number of anilines is 1. The molecular weight excluding hydrogens is 406 g/mol. The van der Waals surface area contributed by atoms with Crippen LogP contribution in [0.25, 0.3) is 22.9 Å². The maximum absolute atomic E-state index is 14.5. The molecule has 0 saturated carbocycles. The molecule has 31 heavy (non-hydrogen) atoms. The number of halogens is 2. The molecule has 8 nitrogen and oxygen atoms in total. The van der Waals surface area contributed by atoms with Gasteiger partial charge in [0, 0.05) is 18.2 Å². The lowest BCUT2D eigenvalue weighted by Gasteiger charge is -2.18. The summed E-state index contributed by atoms with van der Waals surface area (Å²) in [7, 11) is 0. The number of aliphatic hydroxyl groups is 1. The molecule has 0 radical (unpaired) electrons. The van der Waals surface area contributed by atoms with E-state index in [0.717, 1.165) is 12.3 Å². The first-order chi connectivity index (χ1) is 15.6. The summed E-state index contributed by atoms with van der Waals surface area (Å²) in [6, 6.07) is 5.21. The average molecular weight is 428 g/mol. The maximum atomic E-state index is 14.5. The minimum absolute atomic E-state index is 0.00356. The Balaban J connectivity index is 1.74. The largest absolute Gasteiger partial charge is 0.389 e. The third-order valence-corrected chi connectivity index (χ3v) is 4.28. The lowest BCUT2D eigenvalue weighted by atomic mass is 10.1. The van der Waals surface area contributed by atoms with Gasteiger partial charge in [-0.2, -0.15) is 5.10 Å². The van der Waals surface area contributed by atoms with E-state index in [0.29, 0.717) is 11.4 Å². The molecule has 4 rings (SSSR count). The minimum Gasteiger partial charge on any atom is -0.389 e. The fourth-order valence-corrected chi connectivity index (χ4v) is 2.79. The summed E-state index contributed by atoms with van der Waals surface area (Å²) in [4.78, 5) is 8.17. The Kier molecular flexibility index (Phi) is 4.81. The van der Waals surface area contributed by atoms with Gasteiger partial charge < -0.3 is 14.9 Å². The Hall–Kier alpha value is -3.66. The van der Waals surface area contributed by atoms with E-state index in [9.17, 15) is 13.9 Å². The molecule has 0 unspecified atom stereocenters. The van der Waals surface area contributed by atoms with E-state index in [2.05, 4.69) is 25.5 Å². The van der Waals surface area contributed by atoms with Crippen LogP contribution in [-0.4, -0.2) is 42.2 Å². The van der Waals surface area contributed by atoms with E-state index in [4.69, 9.17) is 7.26 Å². The van der Waals surface area contributed by atoms with Gasteiger partial charge in [0.15, 0.2) is 17.5 Å². The van der Waals surface area contributed by atoms with Gasteiger partial charge in [-0.25, -0.2) is 18.7 Å². The highest BCUT2D eigenvalue weighted by atomic mass is 19.1. The van der Waals surface area contributed by atoms with Gasteiger partial charge in [-0.1, -0.05) is 23.3 Å². The summed E-state index contributed by atoms with van der Waals surface area (Å²) in [5.74, 6) is -1.47. The highest BCUT2D eigenvalue weighted by Gasteiger charge is 2.19. The number of rotatable bonds is 7. The first kappa shape index (κ1) is 18.1. The predicted octanol–water partition coefficient (Wildman–Crippen LogP) is 3.50. The third-order valence-electron chi connectivity index (χ3n) is 4.28. The number of nitrogens with zero attached hydrogens (tertiary/aromatic N) is 5. The lowest BCUT2D eigenvalue weighted by molar-refractivity contribution is 0.0943. The van der Waals surface area contributed by atoms with Crippen molar-refractivity contribution in [1.29, 1.82) is 0 Å². The average Bonchev–Trinajstić information content (AvgIpc) is 3.40. The topological polar surface area (TPSA) is 102 Å². The molecule has 0 amide bonds. The van der Waals surface area contributed by atoms with Crippen molar-refractivity contribution in [2.45, 2.75) is 26.0 Å². The number of aromatic nitrogens is 5. The van der Waals surface area contributed by atoms with Crippen LogP contribution >= 0.6 is 0 Å². The Morgan fingerprint density at radius 3 is 2.84 bits per heavy atom. The molecule has 160 valence electrons. The van der Waals surface area contributed by atoms with E-state index in [1.54, 1.807) is 26.0 Å². The highest BCUT2D eigenvalue weighted by molar-refractivity contribution is 5.63. The third kappa shape index (κ3) is 4.75. The lowest BCUT2D eigenvalue weighted by Crippen LogP contribution is -2.30. The van der Waals surface area contributed by atoms with Crippen LogP contribution in [0.15, 0.2) is 53.3 Å². The molecule has 1 aromatic carbocycles. The Morgan fingerprint density at radius 2 is 2.10 bits per heavy atom. The van der Waals surface area contributed by atoms with Gasteiger partial charge in [0.2, 0.25) is 0 Å². The molecule has 0 spiro atoms. The molecule has 0 aliphatic carbocycles. The van der Waals surface area contributed by atoms with Crippen LogP contribution in [0.3, 0.4) is 0 Å². The molecular formula is C21H20F2N6O2. The fourth-order valence-electron chi connectivity index (χ4n) is 2.79. The molecule has 0 aliphatic heterocycles. The molecule has 4 aromatic rings. The van der Waals surface area contributed by atoms with Crippen molar-refractivity contribution in [3.05, 3.63) is 66.0 Å². The van der Waals surface area contributed by atoms with Crippen LogP contribution in [0.5, 0.6) is 0 Å². The second-order valence-corrected chi connectivity index (χ2v) is 7.45. The highest BCUT2D eigenvalue weighted by Crippen LogP contribution is 2.26. The molecule has 0 atom stereocenters. The van der Waals surface area contributed by atoms with Gasteiger partial charge in [0.05, 0.1) is 26.8 Å². The summed E-state index contributed by atoms with van der Waals surface area (Å²) in [5, 5.41) is 21.0. The normalized spacial score (nSPS) is 12.5. The molecule has 0 aliphatic rings. The van der Waals surface area contributed by atoms with E-state index in [1.807, 2.05) is 0 Å². The van der Waals surface area contributed by atoms with Crippen molar-refractivity contribution in [2.75, 3.05) is 11.9 Å². The smallest absolute Gasteiger partial charge is 0.183 e. The minimum atomic E-state index is -1.09. The Labute approximate surface area is 179 Å². The van der Waals surface area contributed by atoms with Crippen molar-refractivity contribution in [1.82, 2.24) is 24.9 Å². The zero-order valence-electron chi connectivity index (χ0n) is 18.7. The van der Waals surface area contributed by atoms with E-state index in [1.165, 1.54) is 17.0 Å². The van der Waals surface area contributed by atoms with E-state index in [-0.39, 0.29) is 42.0 Å². The van der Waals surface area contributed by atoms with Crippen molar-refractivity contribution in [3.63, 3.8) is 0 Å². The quantitative estimate of drug-likeness (QED) is 0.464. The standard InChI is InChI=1S/C21H20F2N6O2/c1-21(2,30)12-25-19-15(23)10-24-20(26-19)17-9-18(16-7-8-31-28-16)29(27-17)11-13-5-3-4-6-14(13)22/h3-10,30H,11-12H2,1-2H3,(H,24,25,26)/i3D,6D. The predicted molar refractivity (Wildman–Crippen MR) is 109 cm³/mol. The van der Waals surface area contributed by atoms with Gasteiger partial charge in [0.1, 0.15) is 23.5 Å². The van der Waals surface area contributed by atoms with Crippen molar-refractivity contribution in [2.24, 2.45) is 0 Å². The number of hydrogen-bond acceptors (Lipinski definition) is 7. The van der Waals surface area contributed by atoms with Crippen LogP contribution < -0.4 is 5.32 Å². The number of nitrogens with one attached hydrogen (secondary N) is 1.